The average Bonchev–Trinajstić information content (AvgIpc) is 2.24. The quantitative estimate of drug-likeness (QED) is 0.830. The summed E-state index contributed by atoms with van der Waals surface area (Å²) in [4.78, 5) is 4.23. The number of aromatic nitrogens is 1. The van der Waals surface area contributed by atoms with Gasteiger partial charge in [0.15, 0.2) is 5.79 Å². The molecule has 0 spiro atoms. The Hall–Kier alpha value is -1.13. The average molecular weight is 222 g/mol. The van der Waals surface area contributed by atoms with E-state index >= 15 is 0 Å². The molecular weight excluding hydrogens is 204 g/mol. The van der Waals surface area contributed by atoms with E-state index in [0.29, 0.717) is 13.2 Å². The third-order valence-corrected chi connectivity index (χ3v) is 2.63. The zero-order chi connectivity index (χ0) is 11.6. The van der Waals surface area contributed by atoms with Gasteiger partial charge in [0, 0.05) is 6.20 Å². The van der Waals surface area contributed by atoms with E-state index in [4.69, 9.17) is 9.47 Å². The zero-order valence-electron chi connectivity index (χ0n) is 9.99. The molecule has 0 atom stereocenters. The van der Waals surface area contributed by atoms with Crippen molar-refractivity contribution >= 4 is 5.69 Å². The first-order chi connectivity index (χ1) is 7.57. The fraction of sp³-hybridized carbons (Fsp3) is 0.583. The van der Waals surface area contributed by atoms with Gasteiger partial charge in [0.05, 0.1) is 30.6 Å². The Morgan fingerprint density at radius 1 is 1.38 bits per heavy atom. The Kier molecular flexibility index (Phi) is 3.12. The number of pyridine rings is 1. The summed E-state index contributed by atoms with van der Waals surface area (Å²) >= 11 is 0. The second-order valence-corrected chi connectivity index (χ2v) is 4.50. The number of rotatable bonds is 2. The molecule has 0 radical (unpaired) electrons. The van der Waals surface area contributed by atoms with E-state index in [-0.39, 0.29) is 6.04 Å². The van der Waals surface area contributed by atoms with Gasteiger partial charge in [0.25, 0.3) is 0 Å². The number of aryl methyl sites for hydroxylation is 1. The summed E-state index contributed by atoms with van der Waals surface area (Å²) in [5.74, 6) is -0.456. The van der Waals surface area contributed by atoms with Crippen LogP contribution in [0.1, 0.15) is 19.5 Å². The minimum atomic E-state index is -0.456. The monoisotopic (exact) mass is 222 g/mol. The van der Waals surface area contributed by atoms with Crippen molar-refractivity contribution in [3.63, 3.8) is 0 Å². The van der Waals surface area contributed by atoms with Gasteiger partial charge in [-0.05, 0) is 32.9 Å². The largest absolute Gasteiger partial charge is 0.376 e. The Labute approximate surface area is 96.0 Å². The molecular formula is C12H18N2O2. The van der Waals surface area contributed by atoms with Crippen LogP contribution in [0.2, 0.25) is 0 Å². The predicted octanol–water partition coefficient (Wildman–Crippen LogP) is 1.95. The van der Waals surface area contributed by atoms with Gasteiger partial charge >= 0.3 is 0 Å². The number of anilines is 1. The first-order valence-electron chi connectivity index (χ1n) is 5.53. The van der Waals surface area contributed by atoms with E-state index in [1.54, 1.807) is 6.20 Å². The summed E-state index contributed by atoms with van der Waals surface area (Å²) in [6, 6.07) is 4.13. The number of hydrogen-bond acceptors (Lipinski definition) is 4. The van der Waals surface area contributed by atoms with Gasteiger partial charge in [0.1, 0.15) is 0 Å². The summed E-state index contributed by atoms with van der Waals surface area (Å²) in [7, 11) is 0. The molecule has 2 heterocycles. The van der Waals surface area contributed by atoms with Crippen LogP contribution in [0.4, 0.5) is 5.69 Å². The second kappa shape index (κ2) is 4.39. The van der Waals surface area contributed by atoms with E-state index in [2.05, 4.69) is 10.3 Å². The van der Waals surface area contributed by atoms with Crippen LogP contribution < -0.4 is 5.32 Å². The maximum atomic E-state index is 5.58. The Morgan fingerprint density at radius 3 is 2.69 bits per heavy atom. The van der Waals surface area contributed by atoms with E-state index in [9.17, 15) is 0 Å². The third kappa shape index (κ3) is 2.71. The molecule has 0 aromatic carbocycles. The first kappa shape index (κ1) is 11.4. The topological polar surface area (TPSA) is 43.4 Å². The minimum Gasteiger partial charge on any atom is -0.376 e. The SMILES string of the molecule is Cc1ncccc1NC1COC(C)(C)OC1. The normalized spacial score (nSPS) is 20.7. The highest BCUT2D eigenvalue weighted by atomic mass is 16.7. The van der Waals surface area contributed by atoms with Crippen LogP contribution in [0, 0.1) is 6.92 Å². The van der Waals surface area contributed by atoms with Crippen molar-refractivity contribution in [3.05, 3.63) is 24.0 Å². The third-order valence-electron chi connectivity index (χ3n) is 2.63. The molecule has 1 fully saturated rings. The van der Waals surface area contributed by atoms with Gasteiger partial charge in [-0.15, -0.1) is 0 Å². The molecule has 1 saturated heterocycles. The molecule has 4 nitrogen and oxygen atoms in total. The fourth-order valence-electron chi connectivity index (χ4n) is 1.63. The van der Waals surface area contributed by atoms with Crippen LogP contribution in [-0.4, -0.2) is 30.0 Å². The highest BCUT2D eigenvalue weighted by Gasteiger charge is 2.28. The minimum absolute atomic E-state index is 0.191. The highest BCUT2D eigenvalue weighted by molar-refractivity contribution is 5.47. The zero-order valence-corrected chi connectivity index (χ0v) is 9.99. The molecule has 1 aliphatic rings. The Morgan fingerprint density at radius 2 is 2.06 bits per heavy atom. The summed E-state index contributed by atoms with van der Waals surface area (Å²) in [6.45, 7) is 7.15. The first-order valence-corrected chi connectivity index (χ1v) is 5.53. The number of hydrogen-bond donors (Lipinski definition) is 1. The molecule has 1 N–H and O–H groups in total. The van der Waals surface area contributed by atoms with Gasteiger partial charge in [0.2, 0.25) is 0 Å². The van der Waals surface area contributed by atoms with E-state index < -0.39 is 5.79 Å². The molecule has 0 saturated carbocycles. The molecule has 1 aromatic rings. The summed E-state index contributed by atoms with van der Waals surface area (Å²) < 4.78 is 11.2. The van der Waals surface area contributed by atoms with Crippen molar-refractivity contribution < 1.29 is 9.47 Å². The molecule has 0 amide bonds. The van der Waals surface area contributed by atoms with Crippen molar-refractivity contribution in [2.75, 3.05) is 18.5 Å². The van der Waals surface area contributed by atoms with Crippen molar-refractivity contribution in [1.82, 2.24) is 4.98 Å². The fourth-order valence-corrected chi connectivity index (χ4v) is 1.63. The number of nitrogens with zero attached hydrogens (tertiary/aromatic N) is 1. The molecule has 0 aliphatic carbocycles. The standard InChI is InChI=1S/C12H18N2O2/c1-9-11(5-4-6-13-9)14-10-7-15-12(2,3)16-8-10/h4-6,10,14H,7-8H2,1-3H3. The maximum absolute atomic E-state index is 5.58. The van der Waals surface area contributed by atoms with Crippen molar-refractivity contribution in [2.45, 2.75) is 32.6 Å². The summed E-state index contributed by atoms with van der Waals surface area (Å²) in [5.41, 5.74) is 2.03. The Balaban J connectivity index is 1.95. The van der Waals surface area contributed by atoms with Gasteiger partial charge in [-0.25, -0.2) is 0 Å². The van der Waals surface area contributed by atoms with Crippen LogP contribution in [0.5, 0.6) is 0 Å². The van der Waals surface area contributed by atoms with Gasteiger partial charge in [-0.1, -0.05) is 0 Å². The smallest absolute Gasteiger partial charge is 0.162 e. The number of ether oxygens (including phenoxy) is 2. The van der Waals surface area contributed by atoms with Gasteiger partial charge < -0.3 is 14.8 Å². The molecule has 0 unspecified atom stereocenters. The van der Waals surface area contributed by atoms with Crippen LogP contribution >= 0.6 is 0 Å². The predicted molar refractivity (Wildman–Crippen MR) is 62.4 cm³/mol. The van der Waals surface area contributed by atoms with Crippen molar-refractivity contribution in [2.24, 2.45) is 0 Å². The lowest BCUT2D eigenvalue weighted by Crippen LogP contribution is -2.45. The number of nitrogens with one attached hydrogen (secondary N) is 1. The van der Waals surface area contributed by atoms with Gasteiger partial charge in [-0.2, -0.15) is 0 Å². The molecule has 1 aromatic heterocycles. The van der Waals surface area contributed by atoms with Crippen LogP contribution in [0.25, 0.3) is 0 Å². The summed E-state index contributed by atoms with van der Waals surface area (Å²) in [5, 5.41) is 3.37. The van der Waals surface area contributed by atoms with E-state index in [1.807, 2.05) is 32.9 Å². The molecule has 2 rings (SSSR count). The van der Waals surface area contributed by atoms with Crippen LogP contribution in [0.3, 0.4) is 0 Å². The van der Waals surface area contributed by atoms with Crippen molar-refractivity contribution in [1.29, 1.82) is 0 Å². The molecule has 4 heteroatoms. The molecule has 1 aliphatic heterocycles. The van der Waals surface area contributed by atoms with Crippen molar-refractivity contribution in [3.8, 4) is 0 Å². The Bertz CT molecular complexity index is 356. The lowest BCUT2D eigenvalue weighted by atomic mass is 10.2. The van der Waals surface area contributed by atoms with Crippen LogP contribution in [0.15, 0.2) is 18.3 Å². The highest BCUT2D eigenvalue weighted by Crippen LogP contribution is 2.20. The van der Waals surface area contributed by atoms with Crippen LogP contribution in [-0.2, 0) is 9.47 Å². The molecule has 88 valence electrons. The lowest BCUT2D eigenvalue weighted by molar-refractivity contribution is -0.247. The maximum Gasteiger partial charge on any atom is 0.162 e. The molecule has 0 bridgehead atoms. The summed E-state index contributed by atoms with van der Waals surface area (Å²) in [6.07, 6.45) is 1.79. The van der Waals surface area contributed by atoms with Gasteiger partial charge in [-0.3, -0.25) is 4.98 Å². The lowest BCUT2D eigenvalue weighted by Gasteiger charge is -2.35. The van der Waals surface area contributed by atoms with E-state index in [1.165, 1.54) is 0 Å². The molecule has 16 heavy (non-hydrogen) atoms. The second-order valence-electron chi connectivity index (χ2n) is 4.50. The van der Waals surface area contributed by atoms with E-state index in [0.717, 1.165) is 11.4 Å².